The van der Waals surface area contributed by atoms with E-state index < -0.39 is 5.54 Å². The molecule has 0 radical (unpaired) electrons. The number of hydrogen-bond acceptors (Lipinski definition) is 4. The van der Waals surface area contributed by atoms with Crippen molar-refractivity contribution in [1.82, 2.24) is 4.90 Å². The lowest BCUT2D eigenvalue weighted by molar-refractivity contribution is -0.122. The van der Waals surface area contributed by atoms with Gasteiger partial charge in [-0.3, -0.25) is 14.5 Å². The van der Waals surface area contributed by atoms with Crippen LogP contribution in [-0.4, -0.2) is 41.9 Å². The molecule has 148 valence electrons. The van der Waals surface area contributed by atoms with E-state index in [9.17, 15) is 9.59 Å². The first-order valence-corrected chi connectivity index (χ1v) is 10.2. The van der Waals surface area contributed by atoms with Gasteiger partial charge in [-0.2, -0.15) is 0 Å². The minimum Gasteiger partial charge on any atom is -0.325 e. The van der Waals surface area contributed by atoms with Crippen LogP contribution in [0.4, 0.5) is 11.4 Å². The third-order valence-electron chi connectivity index (χ3n) is 5.78. The smallest absolute Gasteiger partial charge is 0.244 e. The van der Waals surface area contributed by atoms with E-state index >= 15 is 0 Å². The molecule has 0 aromatic heterocycles. The lowest BCUT2D eigenvalue weighted by Crippen LogP contribution is -2.52. The zero-order chi connectivity index (χ0) is 19.3. The van der Waals surface area contributed by atoms with Crippen LogP contribution in [0.3, 0.4) is 0 Å². The van der Waals surface area contributed by atoms with Crippen LogP contribution in [0.25, 0.3) is 0 Å². The normalized spacial score (nSPS) is 20.1. The molecule has 3 rings (SSSR count). The van der Waals surface area contributed by atoms with E-state index in [2.05, 4.69) is 15.5 Å². The molecule has 2 amide bonds. The first-order chi connectivity index (χ1) is 13.0. The summed E-state index contributed by atoms with van der Waals surface area (Å²) in [6, 6.07) is 5.60. The van der Waals surface area contributed by atoms with Crippen LogP contribution < -0.4 is 16.4 Å². The van der Waals surface area contributed by atoms with Crippen molar-refractivity contribution in [3.8, 4) is 0 Å². The molecule has 1 aromatic carbocycles. The summed E-state index contributed by atoms with van der Waals surface area (Å²) in [5.41, 5.74) is 7.93. The van der Waals surface area contributed by atoms with Crippen molar-refractivity contribution in [2.75, 3.05) is 30.3 Å². The number of amides is 2. The Bertz CT molecular complexity index is 677. The van der Waals surface area contributed by atoms with E-state index in [1.807, 2.05) is 25.1 Å². The number of aryl methyl sites for hydroxylation is 1. The van der Waals surface area contributed by atoms with Crippen molar-refractivity contribution in [2.24, 2.45) is 5.73 Å². The van der Waals surface area contributed by atoms with Gasteiger partial charge in [-0.05, 0) is 63.4 Å². The van der Waals surface area contributed by atoms with Gasteiger partial charge in [0.2, 0.25) is 11.8 Å². The molecule has 1 aliphatic carbocycles. The number of nitrogens with zero attached hydrogens (tertiary/aromatic N) is 1. The van der Waals surface area contributed by atoms with Gasteiger partial charge in [-0.25, -0.2) is 0 Å². The van der Waals surface area contributed by atoms with Gasteiger partial charge < -0.3 is 16.4 Å². The molecule has 0 unspecified atom stereocenters. The molecule has 4 N–H and O–H groups in total. The van der Waals surface area contributed by atoms with Crippen molar-refractivity contribution in [2.45, 2.75) is 63.8 Å². The highest BCUT2D eigenvalue weighted by molar-refractivity contribution is 5.99. The van der Waals surface area contributed by atoms with E-state index in [1.54, 1.807) is 0 Å². The summed E-state index contributed by atoms with van der Waals surface area (Å²) >= 11 is 0. The molecular weight excluding hydrogens is 340 g/mol. The molecule has 1 aliphatic heterocycles. The average Bonchev–Trinajstić information content (AvgIpc) is 2.66. The van der Waals surface area contributed by atoms with Crippen molar-refractivity contribution in [3.05, 3.63) is 23.8 Å². The number of carbonyl (C=O) groups is 2. The van der Waals surface area contributed by atoms with E-state index in [4.69, 9.17) is 5.73 Å². The first kappa shape index (κ1) is 19.8. The molecule has 0 atom stereocenters. The van der Waals surface area contributed by atoms with Gasteiger partial charge in [-0.15, -0.1) is 0 Å². The Labute approximate surface area is 161 Å². The number of carbonyl (C=O) groups excluding carboxylic acids is 2. The fourth-order valence-corrected chi connectivity index (χ4v) is 4.01. The van der Waals surface area contributed by atoms with Crippen LogP contribution in [0.15, 0.2) is 18.2 Å². The summed E-state index contributed by atoms with van der Waals surface area (Å²) < 4.78 is 0. The average molecular weight is 373 g/mol. The second-order valence-corrected chi connectivity index (χ2v) is 8.09. The lowest BCUT2D eigenvalue weighted by Gasteiger charge is -2.31. The Morgan fingerprint density at radius 2 is 1.70 bits per heavy atom. The molecule has 1 saturated carbocycles. The second-order valence-electron chi connectivity index (χ2n) is 8.09. The van der Waals surface area contributed by atoms with Crippen LogP contribution in [0.5, 0.6) is 0 Å². The number of rotatable bonds is 5. The van der Waals surface area contributed by atoms with E-state index in [0.29, 0.717) is 12.2 Å². The van der Waals surface area contributed by atoms with Gasteiger partial charge in [0, 0.05) is 11.4 Å². The number of benzene rings is 1. The first-order valence-electron chi connectivity index (χ1n) is 10.2. The maximum Gasteiger partial charge on any atom is 0.244 e. The molecule has 2 aliphatic rings. The number of nitrogens with two attached hydrogens (primary N) is 1. The Hall–Kier alpha value is -1.92. The topological polar surface area (TPSA) is 87.5 Å². The van der Waals surface area contributed by atoms with Crippen molar-refractivity contribution in [1.29, 1.82) is 0 Å². The zero-order valence-electron chi connectivity index (χ0n) is 16.4. The standard InChI is InChI=1S/C21H32N4O2/c1-16-8-9-17(23-20(27)21(22)10-4-2-5-11-21)14-18(16)24-19(26)15-25-12-6-3-7-13-25/h8-9,14H,2-7,10-13,15,22H2,1H3,(H,23,27)(H,24,26). The molecule has 1 heterocycles. The number of likely N-dealkylation sites (tertiary alicyclic amines) is 1. The molecule has 6 heteroatoms. The lowest BCUT2D eigenvalue weighted by atomic mass is 9.82. The highest BCUT2D eigenvalue weighted by Gasteiger charge is 2.35. The van der Waals surface area contributed by atoms with Crippen LogP contribution in [0, 0.1) is 6.92 Å². The van der Waals surface area contributed by atoms with Crippen molar-refractivity contribution < 1.29 is 9.59 Å². The Kier molecular flexibility index (Phi) is 6.50. The van der Waals surface area contributed by atoms with E-state index in [0.717, 1.165) is 69.3 Å². The monoisotopic (exact) mass is 372 g/mol. The van der Waals surface area contributed by atoms with Crippen LogP contribution >= 0.6 is 0 Å². The fraction of sp³-hybridized carbons (Fsp3) is 0.619. The maximum atomic E-state index is 12.6. The highest BCUT2D eigenvalue weighted by Crippen LogP contribution is 2.28. The Balaban J connectivity index is 1.61. The SMILES string of the molecule is Cc1ccc(NC(=O)C2(N)CCCCC2)cc1NC(=O)CN1CCCCC1. The molecule has 1 saturated heterocycles. The zero-order valence-corrected chi connectivity index (χ0v) is 16.4. The van der Waals surface area contributed by atoms with E-state index in [1.165, 1.54) is 6.42 Å². The largest absolute Gasteiger partial charge is 0.325 e. The number of piperidine rings is 1. The Morgan fingerprint density at radius 1 is 1.04 bits per heavy atom. The van der Waals surface area contributed by atoms with Crippen LogP contribution in [0.2, 0.25) is 0 Å². The number of anilines is 2. The Morgan fingerprint density at radius 3 is 2.41 bits per heavy atom. The molecule has 6 nitrogen and oxygen atoms in total. The van der Waals surface area contributed by atoms with Gasteiger partial charge in [0.1, 0.15) is 0 Å². The van der Waals surface area contributed by atoms with Crippen LogP contribution in [-0.2, 0) is 9.59 Å². The van der Waals surface area contributed by atoms with Crippen molar-refractivity contribution >= 4 is 23.2 Å². The molecule has 1 aromatic rings. The third kappa shape index (κ3) is 5.30. The van der Waals surface area contributed by atoms with Gasteiger partial charge in [0.15, 0.2) is 0 Å². The molecular formula is C21H32N4O2. The molecule has 2 fully saturated rings. The van der Waals surface area contributed by atoms with Crippen molar-refractivity contribution in [3.63, 3.8) is 0 Å². The molecule has 0 bridgehead atoms. The van der Waals surface area contributed by atoms with Gasteiger partial charge in [0.05, 0.1) is 12.1 Å². The minimum absolute atomic E-state index is 0.00829. The summed E-state index contributed by atoms with van der Waals surface area (Å²) in [6.45, 7) is 4.35. The predicted octanol–water partition coefficient (Wildman–Crippen LogP) is 3.02. The molecule has 27 heavy (non-hydrogen) atoms. The summed E-state index contributed by atoms with van der Waals surface area (Å²) in [7, 11) is 0. The summed E-state index contributed by atoms with van der Waals surface area (Å²) in [6.07, 6.45) is 8.16. The summed E-state index contributed by atoms with van der Waals surface area (Å²) in [5, 5.41) is 5.95. The van der Waals surface area contributed by atoms with Gasteiger partial charge in [-0.1, -0.05) is 31.7 Å². The maximum absolute atomic E-state index is 12.6. The number of nitrogens with one attached hydrogen (secondary N) is 2. The van der Waals surface area contributed by atoms with Crippen LogP contribution in [0.1, 0.15) is 56.9 Å². The summed E-state index contributed by atoms with van der Waals surface area (Å²) in [4.78, 5) is 27.2. The van der Waals surface area contributed by atoms with E-state index in [-0.39, 0.29) is 11.8 Å². The predicted molar refractivity (Wildman–Crippen MR) is 109 cm³/mol. The fourth-order valence-electron chi connectivity index (χ4n) is 4.01. The molecule has 0 spiro atoms. The highest BCUT2D eigenvalue weighted by atomic mass is 16.2. The van der Waals surface area contributed by atoms with Gasteiger partial charge in [0.25, 0.3) is 0 Å². The quantitative estimate of drug-likeness (QED) is 0.741. The minimum atomic E-state index is -0.777. The summed E-state index contributed by atoms with van der Waals surface area (Å²) in [5.74, 6) is -0.136. The van der Waals surface area contributed by atoms with Gasteiger partial charge >= 0.3 is 0 Å². The second kappa shape index (κ2) is 8.85. The number of hydrogen-bond donors (Lipinski definition) is 3. The third-order valence-corrected chi connectivity index (χ3v) is 5.78.